The highest BCUT2D eigenvalue weighted by molar-refractivity contribution is 5.95. The number of carbonyl (C=O) groups is 2. The highest BCUT2D eigenvalue weighted by Crippen LogP contribution is 2.37. The number of anilines is 1. The van der Waals surface area contributed by atoms with Crippen LogP contribution in [0.3, 0.4) is 0 Å². The normalized spacial score (nSPS) is 17.7. The first-order chi connectivity index (χ1) is 17.0. The van der Waals surface area contributed by atoms with Crippen molar-refractivity contribution < 1.29 is 19.4 Å². The summed E-state index contributed by atoms with van der Waals surface area (Å²) in [5.41, 5.74) is 2.96. The maximum atomic E-state index is 12.8. The molecule has 1 saturated heterocycles. The Bertz CT molecular complexity index is 1330. The number of aryl methyl sites for hydroxylation is 3. The van der Waals surface area contributed by atoms with E-state index in [2.05, 4.69) is 5.32 Å². The van der Waals surface area contributed by atoms with Gasteiger partial charge in [-0.1, -0.05) is 13.0 Å². The van der Waals surface area contributed by atoms with Crippen LogP contribution in [0.5, 0.6) is 0 Å². The number of nitrogens with zero attached hydrogens (tertiary/aromatic N) is 4. The Kier molecular flexibility index (Phi) is 6.29. The number of aromatic nitrogens is 3. The molecule has 10 heteroatoms. The second-order valence-electron chi connectivity index (χ2n) is 9.08. The summed E-state index contributed by atoms with van der Waals surface area (Å²) in [6.07, 6.45) is 3.39. The summed E-state index contributed by atoms with van der Waals surface area (Å²) in [5, 5.41) is 12.9. The molecular formula is C25H29N5O5. The van der Waals surface area contributed by atoms with Gasteiger partial charge in [-0.05, 0) is 37.5 Å². The molecule has 1 aromatic carbocycles. The van der Waals surface area contributed by atoms with Crippen LogP contribution in [0.2, 0.25) is 0 Å². The van der Waals surface area contributed by atoms with Crippen LogP contribution < -0.4 is 15.8 Å². The third-order valence-electron chi connectivity index (χ3n) is 6.89. The van der Waals surface area contributed by atoms with E-state index in [0.29, 0.717) is 37.7 Å². The highest BCUT2D eigenvalue weighted by atomic mass is 16.5. The number of fused-ring (bicyclic) bond motifs is 3. The van der Waals surface area contributed by atoms with E-state index in [-0.39, 0.29) is 30.1 Å². The van der Waals surface area contributed by atoms with Crippen molar-refractivity contribution in [1.82, 2.24) is 19.4 Å². The molecule has 2 aliphatic rings. The van der Waals surface area contributed by atoms with E-state index in [1.807, 2.05) is 23.6 Å². The van der Waals surface area contributed by atoms with Crippen LogP contribution in [0.4, 0.5) is 10.5 Å². The van der Waals surface area contributed by atoms with Crippen LogP contribution in [0.1, 0.15) is 31.2 Å². The lowest BCUT2D eigenvalue weighted by atomic mass is 9.93. The summed E-state index contributed by atoms with van der Waals surface area (Å²) in [4.78, 5) is 43.4. The number of hydrogen-bond acceptors (Lipinski definition) is 5. The fourth-order valence-electron chi connectivity index (χ4n) is 5.01. The molecule has 2 N–H and O–H groups in total. The topological polar surface area (TPSA) is 119 Å². The summed E-state index contributed by atoms with van der Waals surface area (Å²) in [6.45, 7) is 3.52. The molecule has 184 valence electrons. The van der Waals surface area contributed by atoms with E-state index in [1.54, 1.807) is 22.9 Å². The third-order valence-corrected chi connectivity index (χ3v) is 6.89. The number of ether oxygens (including phenoxy) is 1. The van der Waals surface area contributed by atoms with E-state index >= 15 is 0 Å². The van der Waals surface area contributed by atoms with E-state index in [1.165, 1.54) is 11.0 Å². The minimum Gasteiger partial charge on any atom is -0.465 e. The van der Waals surface area contributed by atoms with Gasteiger partial charge in [-0.3, -0.25) is 14.5 Å². The van der Waals surface area contributed by atoms with Crippen molar-refractivity contribution in [2.45, 2.75) is 57.8 Å². The molecule has 1 unspecified atom stereocenters. The zero-order valence-corrected chi connectivity index (χ0v) is 19.6. The lowest BCUT2D eigenvalue weighted by Gasteiger charge is -2.34. The average molecular weight is 480 g/mol. The maximum absolute atomic E-state index is 12.8. The Morgan fingerprint density at radius 2 is 2.06 bits per heavy atom. The molecule has 1 fully saturated rings. The summed E-state index contributed by atoms with van der Waals surface area (Å²) < 4.78 is 8.65. The molecule has 1 atom stereocenters. The lowest BCUT2D eigenvalue weighted by Crippen LogP contribution is -2.49. The number of amides is 2. The Morgan fingerprint density at radius 1 is 1.23 bits per heavy atom. The molecule has 4 heterocycles. The minimum atomic E-state index is -0.970. The van der Waals surface area contributed by atoms with Gasteiger partial charge < -0.3 is 24.3 Å². The van der Waals surface area contributed by atoms with Crippen LogP contribution in [0.25, 0.3) is 11.0 Å². The molecule has 0 bridgehead atoms. The van der Waals surface area contributed by atoms with Crippen molar-refractivity contribution in [2.75, 3.05) is 18.1 Å². The van der Waals surface area contributed by atoms with Crippen molar-refractivity contribution in [1.29, 1.82) is 0 Å². The van der Waals surface area contributed by atoms with Gasteiger partial charge in [0.05, 0.1) is 36.0 Å². The van der Waals surface area contributed by atoms with Crippen molar-refractivity contribution in [3.05, 3.63) is 58.3 Å². The van der Waals surface area contributed by atoms with Gasteiger partial charge in [-0.2, -0.15) is 0 Å². The number of nitrogens with one attached hydrogen (secondary N) is 1. The fraction of sp³-hybridized carbons (Fsp3) is 0.440. The predicted octanol–water partition coefficient (Wildman–Crippen LogP) is 2.16. The monoisotopic (exact) mass is 479 g/mol. The number of pyridine rings is 1. The van der Waals surface area contributed by atoms with Gasteiger partial charge in [0.25, 0.3) is 5.56 Å². The van der Waals surface area contributed by atoms with Crippen molar-refractivity contribution in [2.24, 2.45) is 0 Å². The summed E-state index contributed by atoms with van der Waals surface area (Å²) in [7, 11) is 0. The molecule has 5 rings (SSSR count). The minimum absolute atomic E-state index is 0.0199. The quantitative estimate of drug-likeness (QED) is 0.536. The van der Waals surface area contributed by atoms with Gasteiger partial charge in [0.15, 0.2) is 0 Å². The Morgan fingerprint density at radius 3 is 2.74 bits per heavy atom. The molecule has 0 spiro atoms. The summed E-state index contributed by atoms with van der Waals surface area (Å²) >= 11 is 0. The average Bonchev–Trinajstić information content (AvgIpc) is 3.17. The first kappa shape index (κ1) is 23.1. The first-order valence-electron chi connectivity index (χ1n) is 12.0. The Hall–Kier alpha value is -3.66. The third kappa shape index (κ3) is 4.41. The van der Waals surface area contributed by atoms with E-state index in [0.717, 1.165) is 35.9 Å². The van der Waals surface area contributed by atoms with Gasteiger partial charge in [0, 0.05) is 36.8 Å². The van der Waals surface area contributed by atoms with Crippen LogP contribution >= 0.6 is 0 Å². The molecule has 35 heavy (non-hydrogen) atoms. The van der Waals surface area contributed by atoms with Crippen LogP contribution in [-0.2, 0) is 35.5 Å². The smallest absolute Gasteiger partial charge is 0.412 e. The SMILES string of the molecule is CCC1CCc2c(ccc3c2nc(CCn2ccccc2=O)n3CC(=O)NC2COC2)N1C(=O)O. The molecule has 2 amide bonds. The van der Waals surface area contributed by atoms with Gasteiger partial charge in [-0.15, -0.1) is 0 Å². The maximum Gasteiger partial charge on any atom is 0.412 e. The highest BCUT2D eigenvalue weighted by Gasteiger charge is 2.32. The van der Waals surface area contributed by atoms with E-state index in [4.69, 9.17) is 9.72 Å². The number of carbonyl (C=O) groups excluding carboxylic acids is 1. The number of rotatable bonds is 7. The molecule has 0 radical (unpaired) electrons. The van der Waals surface area contributed by atoms with Gasteiger partial charge >= 0.3 is 6.09 Å². The first-order valence-corrected chi connectivity index (χ1v) is 12.0. The molecule has 2 aromatic heterocycles. The summed E-state index contributed by atoms with van der Waals surface area (Å²) in [5.74, 6) is 0.551. The largest absolute Gasteiger partial charge is 0.465 e. The lowest BCUT2D eigenvalue weighted by molar-refractivity contribution is -0.125. The zero-order chi connectivity index (χ0) is 24.5. The standard InChI is InChI=1S/C25H29N5O5/c1-2-17-6-7-18-19(30(17)25(33)34)8-9-20-24(18)27-21(10-12-28-11-4-3-5-23(28)32)29(20)13-22(31)26-16-14-35-15-16/h3-5,8-9,11,16-17H,2,6-7,10,12-15H2,1H3,(H,26,31)(H,33,34). The second-order valence-corrected chi connectivity index (χ2v) is 9.08. The number of carboxylic acid groups (broad SMARTS) is 1. The van der Waals surface area contributed by atoms with E-state index < -0.39 is 6.09 Å². The Balaban J connectivity index is 1.54. The zero-order valence-electron chi connectivity index (χ0n) is 19.6. The van der Waals surface area contributed by atoms with Gasteiger partial charge in [-0.25, -0.2) is 9.78 Å². The molecule has 0 saturated carbocycles. The van der Waals surface area contributed by atoms with Crippen molar-refractivity contribution in [3.63, 3.8) is 0 Å². The number of hydrogen-bond donors (Lipinski definition) is 2. The number of benzene rings is 1. The molecular weight excluding hydrogens is 450 g/mol. The van der Waals surface area contributed by atoms with Gasteiger partial charge in [0.2, 0.25) is 5.91 Å². The van der Waals surface area contributed by atoms with Crippen molar-refractivity contribution in [3.8, 4) is 0 Å². The van der Waals surface area contributed by atoms with Gasteiger partial charge in [0.1, 0.15) is 12.4 Å². The van der Waals surface area contributed by atoms with Crippen LogP contribution in [0.15, 0.2) is 41.3 Å². The van der Waals surface area contributed by atoms with Crippen LogP contribution in [-0.4, -0.2) is 56.5 Å². The fourth-order valence-corrected chi connectivity index (χ4v) is 5.01. The van der Waals surface area contributed by atoms with E-state index in [9.17, 15) is 19.5 Å². The molecule has 0 aliphatic carbocycles. The van der Waals surface area contributed by atoms with Crippen LogP contribution in [0, 0.1) is 0 Å². The summed E-state index contributed by atoms with van der Waals surface area (Å²) in [6, 6.07) is 8.65. The van der Waals surface area contributed by atoms with Crippen molar-refractivity contribution >= 4 is 28.7 Å². The second kappa shape index (κ2) is 9.53. The molecule has 2 aliphatic heterocycles. The molecule has 10 nitrogen and oxygen atoms in total. The molecule has 3 aromatic rings. The Labute approximate surface area is 202 Å². The predicted molar refractivity (Wildman–Crippen MR) is 130 cm³/mol. The number of imidazole rings is 1.